The lowest BCUT2D eigenvalue weighted by molar-refractivity contribution is -0.142. The lowest BCUT2D eigenvalue weighted by Gasteiger charge is -2.20. The third kappa shape index (κ3) is 2.99. The van der Waals surface area contributed by atoms with Gasteiger partial charge in [0, 0.05) is 12.1 Å². The fourth-order valence-electron chi connectivity index (χ4n) is 2.56. The maximum atomic E-state index is 11.7. The van der Waals surface area contributed by atoms with Crippen molar-refractivity contribution >= 4 is 12.0 Å². The van der Waals surface area contributed by atoms with Crippen LogP contribution in [0.15, 0.2) is 12.2 Å². The van der Waals surface area contributed by atoms with Gasteiger partial charge in [0.1, 0.15) is 0 Å². The summed E-state index contributed by atoms with van der Waals surface area (Å²) in [5.41, 5.74) is 0. The van der Waals surface area contributed by atoms with Crippen molar-refractivity contribution in [3.05, 3.63) is 12.2 Å². The molecule has 2 amide bonds. The molecule has 0 heterocycles. The number of carboxylic acids is 1. The van der Waals surface area contributed by atoms with E-state index >= 15 is 0 Å². The van der Waals surface area contributed by atoms with Crippen LogP contribution in [0.5, 0.6) is 0 Å². The summed E-state index contributed by atoms with van der Waals surface area (Å²) in [5, 5.41) is 14.6. The molecule has 0 saturated heterocycles. The third-order valence-electron chi connectivity index (χ3n) is 3.49. The van der Waals surface area contributed by atoms with E-state index in [2.05, 4.69) is 10.6 Å². The molecule has 0 spiro atoms. The second kappa shape index (κ2) is 5.21. The van der Waals surface area contributed by atoms with Crippen molar-refractivity contribution in [3.8, 4) is 0 Å². The number of hydrogen-bond donors (Lipinski definition) is 3. The molecule has 3 N–H and O–H groups in total. The van der Waals surface area contributed by atoms with Gasteiger partial charge in [-0.2, -0.15) is 0 Å². The second-order valence-corrected chi connectivity index (χ2v) is 4.74. The average Bonchev–Trinajstić information content (AvgIpc) is 2.88. The third-order valence-corrected chi connectivity index (χ3v) is 3.49. The zero-order chi connectivity index (χ0) is 12.3. The number of carboxylic acid groups (broad SMARTS) is 1. The molecule has 0 aromatic carbocycles. The van der Waals surface area contributed by atoms with Crippen LogP contribution < -0.4 is 10.6 Å². The molecule has 0 aliphatic heterocycles. The van der Waals surface area contributed by atoms with Crippen molar-refractivity contribution < 1.29 is 14.7 Å². The fourth-order valence-corrected chi connectivity index (χ4v) is 2.56. The smallest absolute Gasteiger partial charge is 0.315 e. The van der Waals surface area contributed by atoms with Gasteiger partial charge in [0.25, 0.3) is 0 Å². The van der Waals surface area contributed by atoms with Crippen LogP contribution in [-0.2, 0) is 4.79 Å². The van der Waals surface area contributed by atoms with Gasteiger partial charge < -0.3 is 15.7 Å². The summed E-state index contributed by atoms with van der Waals surface area (Å²) < 4.78 is 0. The summed E-state index contributed by atoms with van der Waals surface area (Å²) in [4.78, 5) is 22.6. The Morgan fingerprint density at radius 2 is 1.82 bits per heavy atom. The second-order valence-electron chi connectivity index (χ2n) is 4.74. The van der Waals surface area contributed by atoms with Crippen LogP contribution in [0.1, 0.15) is 32.1 Å². The fraction of sp³-hybridized carbons (Fsp3) is 0.667. The molecule has 1 fully saturated rings. The highest BCUT2D eigenvalue weighted by Crippen LogP contribution is 2.25. The first-order chi connectivity index (χ1) is 8.16. The van der Waals surface area contributed by atoms with E-state index in [0.29, 0.717) is 6.42 Å². The van der Waals surface area contributed by atoms with Crippen molar-refractivity contribution in [1.82, 2.24) is 10.6 Å². The minimum Gasteiger partial charge on any atom is -0.481 e. The predicted octanol–water partition coefficient (Wildman–Crippen LogP) is 1.26. The minimum atomic E-state index is -0.810. The van der Waals surface area contributed by atoms with Crippen molar-refractivity contribution in [1.29, 1.82) is 0 Å². The first-order valence-electron chi connectivity index (χ1n) is 6.11. The molecule has 2 rings (SSSR count). The monoisotopic (exact) mass is 238 g/mol. The van der Waals surface area contributed by atoms with Crippen LogP contribution in [-0.4, -0.2) is 29.2 Å². The molecule has 94 valence electrons. The molecule has 2 aliphatic carbocycles. The number of hydrogen-bond acceptors (Lipinski definition) is 2. The Bertz CT molecular complexity index is 333. The number of aliphatic carboxylic acids is 1. The first-order valence-corrected chi connectivity index (χ1v) is 6.11. The summed E-state index contributed by atoms with van der Waals surface area (Å²) in [7, 11) is 0. The summed E-state index contributed by atoms with van der Waals surface area (Å²) in [6.07, 6.45) is 8.09. The normalized spacial score (nSPS) is 28.2. The molecule has 5 heteroatoms. The Morgan fingerprint density at radius 1 is 1.12 bits per heavy atom. The van der Waals surface area contributed by atoms with Gasteiger partial charge >= 0.3 is 12.0 Å². The zero-order valence-corrected chi connectivity index (χ0v) is 9.69. The number of carbonyl (C=O) groups excluding carboxylic acids is 1. The standard InChI is InChI=1S/C12H18N2O3/c15-11(16)9-6-3-7-10(9)14-12(17)13-8-4-1-2-5-8/h1-2,8-10H,3-7H2,(H,15,16)(H2,13,14,17). The molecule has 1 saturated carbocycles. The van der Waals surface area contributed by atoms with Gasteiger partial charge in [-0.05, 0) is 25.7 Å². The van der Waals surface area contributed by atoms with E-state index in [1.807, 2.05) is 12.2 Å². The van der Waals surface area contributed by atoms with Gasteiger partial charge in [0.2, 0.25) is 0 Å². The van der Waals surface area contributed by atoms with E-state index in [4.69, 9.17) is 5.11 Å². The first kappa shape index (κ1) is 12.0. The highest BCUT2D eigenvalue weighted by atomic mass is 16.4. The Morgan fingerprint density at radius 3 is 2.47 bits per heavy atom. The Hall–Kier alpha value is -1.52. The summed E-state index contributed by atoms with van der Waals surface area (Å²) in [6, 6.07) is -0.293. The minimum absolute atomic E-state index is 0.166. The molecular formula is C12H18N2O3. The van der Waals surface area contributed by atoms with Crippen LogP contribution in [0.4, 0.5) is 4.79 Å². The SMILES string of the molecule is O=C(NC1CC=CC1)NC1CCCC1C(=O)O. The van der Waals surface area contributed by atoms with E-state index in [1.54, 1.807) is 0 Å². The van der Waals surface area contributed by atoms with Crippen molar-refractivity contribution in [2.75, 3.05) is 0 Å². The largest absolute Gasteiger partial charge is 0.481 e. The van der Waals surface area contributed by atoms with Gasteiger partial charge in [-0.25, -0.2) is 4.79 Å². The molecule has 0 aromatic rings. The molecule has 17 heavy (non-hydrogen) atoms. The van der Waals surface area contributed by atoms with Gasteiger partial charge in [0.15, 0.2) is 0 Å². The summed E-state index contributed by atoms with van der Waals surface area (Å²) >= 11 is 0. The maximum absolute atomic E-state index is 11.7. The van der Waals surface area contributed by atoms with Gasteiger partial charge in [-0.15, -0.1) is 0 Å². The Kier molecular flexibility index (Phi) is 3.66. The van der Waals surface area contributed by atoms with Gasteiger partial charge in [0.05, 0.1) is 5.92 Å². The lowest BCUT2D eigenvalue weighted by atomic mass is 10.0. The Balaban J connectivity index is 1.79. The molecule has 0 radical (unpaired) electrons. The molecule has 0 aromatic heterocycles. The van der Waals surface area contributed by atoms with Crippen LogP contribution in [0.25, 0.3) is 0 Å². The molecule has 2 atom stereocenters. The highest BCUT2D eigenvalue weighted by molar-refractivity contribution is 5.77. The Labute approximate surface area is 100 Å². The molecule has 2 aliphatic rings. The van der Waals surface area contributed by atoms with E-state index in [9.17, 15) is 9.59 Å². The quantitative estimate of drug-likeness (QED) is 0.648. The maximum Gasteiger partial charge on any atom is 0.315 e. The molecule has 2 unspecified atom stereocenters. The van der Waals surface area contributed by atoms with E-state index in [-0.39, 0.29) is 18.1 Å². The van der Waals surface area contributed by atoms with E-state index < -0.39 is 11.9 Å². The topological polar surface area (TPSA) is 78.4 Å². The van der Waals surface area contributed by atoms with Crippen molar-refractivity contribution in [2.45, 2.75) is 44.2 Å². The number of nitrogens with one attached hydrogen (secondary N) is 2. The molecular weight excluding hydrogens is 220 g/mol. The number of urea groups is 1. The summed E-state index contributed by atoms with van der Waals surface area (Å²) in [5.74, 6) is -1.24. The number of rotatable bonds is 3. The average molecular weight is 238 g/mol. The molecule has 0 bridgehead atoms. The molecule has 5 nitrogen and oxygen atoms in total. The van der Waals surface area contributed by atoms with Crippen LogP contribution in [0.2, 0.25) is 0 Å². The number of amides is 2. The van der Waals surface area contributed by atoms with E-state index in [1.165, 1.54) is 0 Å². The van der Waals surface area contributed by atoms with Crippen LogP contribution >= 0.6 is 0 Å². The zero-order valence-electron chi connectivity index (χ0n) is 9.69. The number of carbonyl (C=O) groups is 2. The van der Waals surface area contributed by atoms with Gasteiger partial charge in [-0.1, -0.05) is 18.6 Å². The lowest BCUT2D eigenvalue weighted by Crippen LogP contribution is -2.47. The van der Waals surface area contributed by atoms with Crippen molar-refractivity contribution in [3.63, 3.8) is 0 Å². The summed E-state index contributed by atoms with van der Waals surface area (Å²) in [6.45, 7) is 0. The van der Waals surface area contributed by atoms with Crippen molar-refractivity contribution in [2.24, 2.45) is 5.92 Å². The van der Waals surface area contributed by atoms with E-state index in [0.717, 1.165) is 25.7 Å². The van der Waals surface area contributed by atoms with Crippen LogP contribution in [0, 0.1) is 5.92 Å². The van der Waals surface area contributed by atoms with Crippen LogP contribution in [0.3, 0.4) is 0 Å². The highest BCUT2D eigenvalue weighted by Gasteiger charge is 2.34. The van der Waals surface area contributed by atoms with Gasteiger partial charge in [-0.3, -0.25) is 4.79 Å². The predicted molar refractivity (Wildman–Crippen MR) is 62.6 cm³/mol.